The van der Waals surface area contributed by atoms with Crippen LogP contribution >= 0.6 is 27.3 Å². The van der Waals surface area contributed by atoms with Gasteiger partial charge in [0.05, 0.1) is 22.5 Å². The van der Waals surface area contributed by atoms with Gasteiger partial charge in [0, 0.05) is 30.2 Å². The zero-order valence-electron chi connectivity index (χ0n) is 15.8. The van der Waals surface area contributed by atoms with Crippen LogP contribution in [0.4, 0.5) is 0 Å². The van der Waals surface area contributed by atoms with Crippen LogP contribution in [0.3, 0.4) is 0 Å². The molecule has 0 fully saturated rings. The van der Waals surface area contributed by atoms with E-state index in [-0.39, 0.29) is 5.91 Å². The molecular weight excluding hydrogens is 450 g/mol. The normalized spacial score (nSPS) is 13.7. The van der Waals surface area contributed by atoms with Crippen LogP contribution in [0.5, 0.6) is 0 Å². The van der Waals surface area contributed by atoms with Crippen LogP contribution in [0.2, 0.25) is 0 Å². The number of amides is 1. The predicted octanol–water partition coefficient (Wildman–Crippen LogP) is 4.28. The maximum atomic E-state index is 13.0. The molecule has 0 atom stereocenters. The van der Waals surface area contributed by atoms with Crippen LogP contribution in [0, 0.1) is 6.92 Å². The third-order valence-corrected chi connectivity index (χ3v) is 6.63. The van der Waals surface area contributed by atoms with E-state index in [1.54, 1.807) is 11.3 Å². The zero-order valence-corrected chi connectivity index (χ0v) is 18.2. The number of H-pyrrole nitrogens is 1. The molecule has 1 amide bonds. The molecule has 0 saturated carbocycles. The van der Waals surface area contributed by atoms with E-state index < -0.39 is 0 Å². The lowest BCUT2D eigenvalue weighted by molar-refractivity contribution is -0.131. The number of aromatic nitrogens is 4. The standard InChI is InChI=1S/C21H18BrN5OS/c1-12-24-17(11-29-12)14-4-2-3-13(7-14)8-18(28)27-6-5-16-15(10-27)9-23-21-19(16)20(22)25-26-21/h2-4,7,9,11H,5-6,8,10H2,1H3,(H,23,25,26). The lowest BCUT2D eigenvalue weighted by Crippen LogP contribution is -2.37. The van der Waals surface area contributed by atoms with E-state index in [0.29, 0.717) is 25.2 Å². The number of halogens is 1. The number of hydrogen-bond donors (Lipinski definition) is 1. The van der Waals surface area contributed by atoms with Gasteiger partial charge in [-0.25, -0.2) is 9.97 Å². The van der Waals surface area contributed by atoms with Crippen molar-refractivity contribution in [2.24, 2.45) is 0 Å². The Morgan fingerprint density at radius 2 is 2.28 bits per heavy atom. The quantitative estimate of drug-likeness (QED) is 0.487. The molecule has 1 aliphatic heterocycles. The lowest BCUT2D eigenvalue weighted by atomic mass is 9.98. The predicted molar refractivity (Wildman–Crippen MR) is 117 cm³/mol. The molecular formula is C21H18BrN5OS. The van der Waals surface area contributed by atoms with E-state index in [9.17, 15) is 4.79 Å². The fourth-order valence-electron chi connectivity index (χ4n) is 3.84. The molecule has 5 rings (SSSR count). The summed E-state index contributed by atoms with van der Waals surface area (Å²) in [6, 6.07) is 8.11. The minimum atomic E-state index is 0.133. The number of carbonyl (C=O) groups is 1. The number of benzene rings is 1. The topological polar surface area (TPSA) is 74.8 Å². The second kappa shape index (κ2) is 7.35. The Morgan fingerprint density at radius 3 is 3.10 bits per heavy atom. The van der Waals surface area contributed by atoms with Gasteiger partial charge in [0.1, 0.15) is 4.60 Å². The molecule has 1 aliphatic rings. The van der Waals surface area contributed by atoms with E-state index in [1.807, 2.05) is 36.2 Å². The highest BCUT2D eigenvalue weighted by molar-refractivity contribution is 9.10. The summed E-state index contributed by atoms with van der Waals surface area (Å²) in [6.07, 6.45) is 3.03. The molecule has 0 spiro atoms. The second-order valence-corrected chi connectivity index (χ2v) is 9.05. The molecule has 0 radical (unpaired) electrons. The number of pyridine rings is 1. The molecule has 0 unspecified atom stereocenters. The summed E-state index contributed by atoms with van der Waals surface area (Å²) < 4.78 is 0.853. The van der Waals surface area contributed by atoms with Crippen LogP contribution < -0.4 is 0 Å². The average Bonchev–Trinajstić information content (AvgIpc) is 3.34. The van der Waals surface area contributed by atoms with E-state index in [4.69, 9.17) is 0 Å². The molecule has 0 bridgehead atoms. The molecule has 0 aliphatic carbocycles. The fourth-order valence-corrected chi connectivity index (χ4v) is 4.97. The molecule has 4 heterocycles. The molecule has 6 nitrogen and oxygen atoms in total. The Balaban J connectivity index is 1.35. The second-order valence-electron chi connectivity index (χ2n) is 7.19. The van der Waals surface area contributed by atoms with Gasteiger partial charge in [0.15, 0.2) is 5.65 Å². The SMILES string of the molecule is Cc1nc(-c2cccc(CC(=O)N3CCc4c(cnc5n[nH]c(Br)c45)C3)c2)cs1. The first-order chi connectivity index (χ1) is 14.1. The molecule has 8 heteroatoms. The van der Waals surface area contributed by atoms with Crippen molar-refractivity contribution in [2.75, 3.05) is 6.54 Å². The molecule has 1 aromatic carbocycles. The Bertz CT molecular complexity index is 1230. The van der Waals surface area contributed by atoms with Gasteiger partial charge in [-0.1, -0.05) is 18.2 Å². The van der Waals surface area contributed by atoms with Crippen molar-refractivity contribution in [3.8, 4) is 11.3 Å². The minimum Gasteiger partial charge on any atom is -0.338 e. The smallest absolute Gasteiger partial charge is 0.227 e. The van der Waals surface area contributed by atoms with Crippen molar-refractivity contribution < 1.29 is 4.79 Å². The Morgan fingerprint density at radius 1 is 1.38 bits per heavy atom. The molecule has 4 aromatic rings. The zero-order chi connectivity index (χ0) is 20.0. The highest BCUT2D eigenvalue weighted by Gasteiger charge is 2.24. The maximum absolute atomic E-state index is 13.0. The first-order valence-electron chi connectivity index (χ1n) is 9.38. The number of thiazole rings is 1. The molecule has 0 saturated heterocycles. The van der Waals surface area contributed by atoms with E-state index in [2.05, 4.69) is 47.5 Å². The number of fused-ring (bicyclic) bond motifs is 3. The van der Waals surface area contributed by atoms with Gasteiger partial charge in [-0.3, -0.25) is 9.89 Å². The number of hydrogen-bond acceptors (Lipinski definition) is 5. The monoisotopic (exact) mass is 467 g/mol. The highest BCUT2D eigenvalue weighted by atomic mass is 79.9. The molecule has 29 heavy (non-hydrogen) atoms. The summed E-state index contributed by atoms with van der Waals surface area (Å²) in [5.41, 5.74) is 6.06. The van der Waals surface area contributed by atoms with Crippen molar-refractivity contribution in [2.45, 2.75) is 26.3 Å². The van der Waals surface area contributed by atoms with Crippen molar-refractivity contribution in [1.82, 2.24) is 25.1 Å². The lowest BCUT2D eigenvalue weighted by Gasteiger charge is -2.29. The summed E-state index contributed by atoms with van der Waals surface area (Å²) in [5.74, 6) is 0.133. The summed E-state index contributed by atoms with van der Waals surface area (Å²) in [4.78, 5) is 23.9. The van der Waals surface area contributed by atoms with Gasteiger partial charge in [0.2, 0.25) is 5.91 Å². The largest absolute Gasteiger partial charge is 0.338 e. The first kappa shape index (κ1) is 18.4. The van der Waals surface area contributed by atoms with Crippen LogP contribution in [0.25, 0.3) is 22.3 Å². The minimum absolute atomic E-state index is 0.133. The number of aryl methyl sites for hydroxylation is 1. The Labute approximate surface area is 180 Å². The van der Waals surface area contributed by atoms with Gasteiger partial charge in [-0.2, -0.15) is 5.10 Å². The van der Waals surface area contributed by atoms with Crippen molar-refractivity contribution >= 4 is 44.2 Å². The van der Waals surface area contributed by atoms with Gasteiger partial charge in [-0.15, -0.1) is 11.3 Å². The van der Waals surface area contributed by atoms with Gasteiger partial charge in [-0.05, 0) is 52.0 Å². The fraction of sp³-hybridized carbons (Fsp3) is 0.238. The van der Waals surface area contributed by atoms with Gasteiger partial charge < -0.3 is 4.90 Å². The van der Waals surface area contributed by atoms with Gasteiger partial charge >= 0.3 is 0 Å². The van der Waals surface area contributed by atoms with E-state index in [0.717, 1.165) is 43.8 Å². The van der Waals surface area contributed by atoms with Crippen LogP contribution in [0.1, 0.15) is 21.7 Å². The number of aromatic amines is 1. The summed E-state index contributed by atoms with van der Waals surface area (Å²) in [7, 11) is 0. The maximum Gasteiger partial charge on any atom is 0.227 e. The molecule has 1 N–H and O–H groups in total. The number of rotatable bonds is 3. The van der Waals surface area contributed by atoms with Crippen LogP contribution in [-0.4, -0.2) is 37.5 Å². The number of nitrogens with one attached hydrogen (secondary N) is 1. The van der Waals surface area contributed by atoms with Gasteiger partial charge in [0.25, 0.3) is 0 Å². The summed E-state index contributed by atoms with van der Waals surface area (Å²) in [6.45, 7) is 3.29. The molecule has 3 aromatic heterocycles. The third kappa shape index (κ3) is 3.47. The van der Waals surface area contributed by atoms with Crippen molar-refractivity contribution in [3.05, 3.63) is 62.1 Å². The third-order valence-electron chi connectivity index (χ3n) is 5.28. The molecule has 146 valence electrons. The Kier molecular flexibility index (Phi) is 4.67. The van der Waals surface area contributed by atoms with E-state index >= 15 is 0 Å². The average molecular weight is 468 g/mol. The first-order valence-corrected chi connectivity index (χ1v) is 11.1. The summed E-state index contributed by atoms with van der Waals surface area (Å²) >= 11 is 5.15. The highest BCUT2D eigenvalue weighted by Crippen LogP contribution is 2.30. The Hall–Kier alpha value is -2.58. The van der Waals surface area contributed by atoms with Crippen LogP contribution in [-0.2, 0) is 24.2 Å². The van der Waals surface area contributed by atoms with E-state index in [1.165, 1.54) is 5.56 Å². The van der Waals surface area contributed by atoms with Crippen molar-refractivity contribution in [3.63, 3.8) is 0 Å². The number of carbonyl (C=O) groups excluding carboxylic acids is 1. The van der Waals surface area contributed by atoms with Crippen LogP contribution in [0.15, 0.2) is 40.4 Å². The number of nitrogens with zero attached hydrogens (tertiary/aromatic N) is 4. The summed E-state index contributed by atoms with van der Waals surface area (Å²) in [5, 5.41) is 11.3. The van der Waals surface area contributed by atoms with Crippen molar-refractivity contribution in [1.29, 1.82) is 0 Å².